The smallest absolute Gasteiger partial charge is 0.416 e. The van der Waals surface area contributed by atoms with Gasteiger partial charge in [-0.15, -0.1) is 0 Å². The van der Waals surface area contributed by atoms with Crippen molar-refractivity contribution in [3.05, 3.63) is 23.8 Å². The fourth-order valence-corrected chi connectivity index (χ4v) is 2.10. The van der Waals surface area contributed by atoms with Crippen LogP contribution in [0.15, 0.2) is 18.2 Å². The minimum absolute atomic E-state index is 0.0350. The molecule has 0 unspecified atom stereocenters. The first kappa shape index (κ1) is 17.7. The van der Waals surface area contributed by atoms with Crippen LogP contribution in [0.25, 0.3) is 0 Å². The summed E-state index contributed by atoms with van der Waals surface area (Å²) in [6, 6.07) is 3.20. The molecule has 1 rings (SSSR count). The number of nitrogen functional groups attached to an aromatic ring is 1. The van der Waals surface area contributed by atoms with Crippen LogP contribution < -0.4 is 10.5 Å². The molecule has 2 N–H and O–H groups in total. The summed E-state index contributed by atoms with van der Waals surface area (Å²) < 4.78 is 42.9. The van der Waals surface area contributed by atoms with Crippen molar-refractivity contribution in [2.24, 2.45) is 0 Å². The Balaban J connectivity index is 2.27. The van der Waals surface area contributed by atoms with Gasteiger partial charge in [-0.3, -0.25) is 0 Å². The lowest BCUT2D eigenvalue weighted by molar-refractivity contribution is -0.137. The monoisotopic (exact) mass is 303 g/mol. The van der Waals surface area contributed by atoms with E-state index in [0.717, 1.165) is 25.0 Å². The van der Waals surface area contributed by atoms with Crippen LogP contribution in [0, 0.1) is 0 Å². The van der Waals surface area contributed by atoms with Gasteiger partial charge in [-0.2, -0.15) is 13.2 Å². The van der Waals surface area contributed by atoms with E-state index in [1.165, 1.54) is 38.2 Å². The average Bonchev–Trinajstić information content (AvgIpc) is 2.42. The fourth-order valence-electron chi connectivity index (χ4n) is 2.10. The van der Waals surface area contributed by atoms with Gasteiger partial charge in [0.05, 0.1) is 17.9 Å². The first-order valence-corrected chi connectivity index (χ1v) is 7.54. The van der Waals surface area contributed by atoms with Gasteiger partial charge in [0, 0.05) is 0 Å². The predicted molar refractivity (Wildman–Crippen MR) is 79.3 cm³/mol. The molecule has 0 aliphatic carbocycles. The molecule has 0 aromatic heterocycles. The van der Waals surface area contributed by atoms with E-state index in [0.29, 0.717) is 12.4 Å². The zero-order valence-corrected chi connectivity index (χ0v) is 12.5. The van der Waals surface area contributed by atoms with E-state index in [1.54, 1.807) is 0 Å². The summed E-state index contributed by atoms with van der Waals surface area (Å²) >= 11 is 0. The highest BCUT2D eigenvalue weighted by molar-refractivity contribution is 5.54. The van der Waals surface area contributed by atoms with Crippen molar-refractivity contribution in [3.63, 3.8) is 0 Å². The summed E-state index contributed by atoms with van der Waals surface area (Å²) in [7, 11) is 0. The highest BCUT2D eigenvalue weighted by atomic mass is 19.4. The quantitative estimate of drug-likeness (QED) is 0.488. The molecule has 1 aromatic rings. The van der Waals surface area contributed by atoms with E-state index in [9.17, 15) is 13.2 Å². The lowest BCUT2D eigenvalue weighted by Crippen LogP contribution is -2.07. The van der Waals surface area contributed by atoms with E-state index in [4.69, 9.17) is 10.5 Å². The molecule has 0 saturated carbocycles. The minimum atomic E-state index is -4.37. The van der Waals surface area contributed by atoms with E-state index in [1.807, 2.05) is 0 Å². The molecule has 0 fully saturated rings. The number of ether oxygens (including phenoxy) is 1. The van der Waals surface area contributed by atoms with Crippen LogP contribution >= 0.6 is 0 Å². The number of halogens is 3. The van der Waals surface area contributed by atoms with Gasteiger partial charge in [0.25, 0.3) is 0 Å². The fraction of sp³-hybridized carbons (Fsp3) is 0.625. The number of nitrogens with two attached hydrogens (primary N) is 1. The summed E-state index contributed by atoms with van der Waals surface area (Å²) in [4.78, 5) is 0. The van der Waals surface area contributed by atoms with E-state index in [-0.39, 0.29) is 5.69 Å². The standard InChI is InChI=1S/C16H24F3NO/c1-2-3-4-5-6-7-8-11-21-15-10-9-13(12-14(15)20)16(17,18)19/h9-10,12H,2-8,11,20H2,1H3. The number of benzene rings is 1. The number of rotatable bonds is 9. The Morgan fingerprint density at radius 1 is 1.00 bits per heavy atom. The zero-order valence-electron chi connectivity index (χ0n) is 12.5. The molecular weight excluding hydrogens is 279 g/mol. The summed E-state index contributed by atoms with van der Waals surface area (Å²) in [6.45, 7) is 2.67. The number of anilines is 1. The van der Waals surface area contributed by atoms with Crippen LogP contribution in [-0.4, -0.2) is 6.61 Å². The number of unbranched alkanes of at least 4 members (excludes halogenated alkanes) is 6. The van der Waals surface area contributed by atoms with Gasteiger partial charge >= 0.3 is 6.18 Å². The second-order valence-electron chi connectivity index (χ2n) is 5.22. The Kier molecular flexibility index (Phi) is 7.40. The topological polar surface area (TPSA) is 35.2 Å². The molecule has 2 nitrogen and oxygen atoms in total. The Labute approximate surface area is 124 Å². The number of alkyl halides is 3. The predicted octanol–water partition coefficient (Wildman–Crippen LogP) is 5.42. The molecule has 0 heterocycles. The molecule has 0 bridgehead atoms. The van der Waals surface area contributed by atoms with E-state index >= 15 is 0 Å². The third kappa shape index (κ3) is 6.74. The second kappa shape index (κ2) is 8.80. The van der Waals surface area contributed by atoms with Crippen molar-refractivity contribution in [2.45, 2.75) is 58.0 Å². The highest BCUT2D eigenvalue weighted by Gasteiger charge is 2.30. The zero-order chi connectivity index (χ0) is 15.7. The summed E-state index contributed by atoms with van der Waals surface area (Å²) in [5, 5.41) is 0. The molecule has 1 aromatic carbocycles. The second-order valence-corrected chi connectivity index (χ2v) is 5.22. The van der Waals surface area contributed by atoms with Gasteiger partial charge in [-0.1, -0.05) is 45.4 Å². The van der Waals surface area contributed by atoms with Crippen LogP contribution in [0.3, 0.4) is 0 Å². The number of hydrogen-bond donors (Lipinski definition) is 1. The van der Waals surface area contributed by atoms with E-state index in [2.05, 4.69) is 6.92 Å². The minimum Gasteiger partial charge on any atom is -0.491 e. The van der Waals surface area contributed by atoms with Crippen LogP contribution in [0.2, 0.25) is 0 Å². The van der Waals surface area contributed by atoms with Gasteiger partial charge in [0.15, 0.2) is 0 Å². The molecule has 0 amide bonds. The van der Waals surface area contributed by atoms with Crippen molar-refractivity contribution in [2.75, 3.05) is 12.3 Å². The third-order valence-electron chi connectivity index (χ3n) is 3.34. The van der Waals surface area contributed by atoms with Gasteiger partial charge in [0.1, 0.15) is 5.75 Å². The van der Waals surface area contributed by atoms with Crippen LogP contribution in [0.1, 0.15) is 57.4 Å². The van der Waals surface area contributed by atoms with Crippen molar-refractivity contribution >= 4 is 5.69 Å². The van der Waals surface area contributed by atoms with Gasteiger partial charge in [-0.05, 0) is 24.6 Å². The normalized spacial score (nSPS) is 11.6. The van der Waals surface area contributed by atoms with Crippen molar-refractivity contribution in [3.8, 4) is 5.75 Å². The van der Waals surface area contributed by atoms with Crippen molar-refractivity contribution in [1.82, 2.24) is 0 Å². The Morgan fingerprint density at radius 3 is 2.19 bits per heavy atom. The molecule has 0 spiro atoms. The SMILES string of the molecule is CCCCCCCCCOc1ccc(C(F)(F)F)cc1N. The maximum Gasteiger partial charge on any atom is 0.416 e. The molecular formula is C16H24F3NO. The van der Waals surface area contributed by atoms with Gasteiger partial charge in [-0.25, -0.2) is 0 Å². The largest absolute Gasteiger partial charge is 0.491 e. The molecule has 0 aliphatic heterocycles. The summed E-state index contributed by atoms with van der Waals surface area (Å²) in [5.74, 6) is 0.328. The van der Waals surface area contributed by atoms with Crippen LogP contribution in [-0.2, 0) is 6.18 Å². The van der Waals surface area contributed by atoms with Gasteiger partial charge < -0.3 is 10.5 Å². The lowest BCUT2D eigenvalue weighted by Gasteiger charge is -2.12. The maximum atomic E-state index is 12.5. The Bertz CT molecular complexity index is 418. The summed E-state index contributed by atoms with van der Waals surface area (Å²) in [5.41, 5.74) is 4.88. The maximum absolute atomic E-state index is 12.5. The third-order valence-corrected chi connectivity index (χ3v) is 3.34. The van der Waals surface area contributed by atoms with E-state index < -0.39 is 11.7 Å². The van der Waals surface area contributed by atoms with Crippen molar-refractivity contribution < 1.29 is 17.9 Å². The first-order valence-electron chi connectivity index (χ1n) is 7.54. The molecule has 0 saturated heterocycles. The molecule has 0 aliphatic rings. The first-order chi connectivity index (χ1) is 9.95. The van der Waals surface area contributed by atoms with Crippen LogP contribution in [0.5, 0.6) is 5.75 Å². The average molecular weight is 303 g/mol. The molecule has 0 atom stereocenters. The van der Waals surface area contributed by atoms with Crippen LogP contribution in [0.4, 0.5) is 18.9 Å². The summed E-state index contributed by atoms with van der Waals surface area (Å²) in [6.07, 6.45) is 3.78. The Hall–Kier alpha value is -1.39. The van der Waals surface area contributed by atoms with Crippen molar-refractivity contribution in [1.29, 1.82) is 0 Å². The Morgan fingerprint density at radius 2 is 1.62 bits per heavy atom. The number of hydrogen-bond acceptors (Lipinski definition) is 2. The molecule has 0 radical (unpaired) electrons. The molecule has 120 valence electrons. The lowest BCUT2D eigenvalue weighted by atomic mass is 10.1. The molecule has 21 heavy (non-hydrogen) atoms. The van der Waals surface area contributed by atoms with Gasteiger partial charge in [0.2, 0.25) is 0 Å². The highest BCUT2D eigenvalue weighted by Crippen LogP contribution is 2.33. The molecule has 5 heteroatoms.